The summed E-state index contributed by atoms with van der Waals surface area (Å²) in [6.07, 6.45) is 4.04. The van der Waals surface area contributed by atoms with E-state index in [9.17, 15) is 4.79 Å². The summed E-state index contributed by atoms with van der Waals surface area (Å²) in [5.41, 5.74) is 3.32. The predicted octanol–water partition coefficient (Wildman–Crippen LogP) is 3.15. The molecule has 1 aromatic carbocycles. The fourth-order valence-corrected chi connectivity index (χ4v) is 4.75. The first-order chi connectivity index (χ1) is 14.1. The number of ether oxygens (including phenoxy) is 1. The molecule has 29 heavy (non-hydrogen) atoms. The largest absolute Gasteiger partial charge is 0.497 e. The number of rotatable bonds is 5. The second-order valence-electron chi connectivity index (χ2n) is 8.04. The molecule has 156 valence electrons. The highest BCUT2D eigenvalue weighted by atomic mass is 16.5. The average Bonchev–Trinajstić information content (AvgIpc) is 3.08. The Hall–Kier alpha value is -2.47. The number of aromatic nitrogens is 1. The van der Waals surface area contributed by atoms with Crippen LogP contribution >= 0.6 is 0 Å². The van der Waals surface area contributed by atoms with E-state index in [0.29, 0.717) is 6.04 Å². The van der Waals surface area contributed by atoms with Crippen molar-refractivity contribution in [2.24, 2.45) is 7.05 Å². The molecule has 2 aliphatic heterocycles. The van der Waals surface area contributed by atoms with Crippen molar-refractivity contribution in [1.29, 1.82) is 0 Å². The number of benzene rings is 1. The molecular weight excluding hydrogens is 364 g/mol. The second-order valence-corrected chi connectivity index (χ2v) is 8.04. The molecule has 1 amide bonds. The van der Waals surface area contributed by atoms with Crippen LogP contribution in [0.2, 0.25) is 0 Å². The van der Waals surface area contributed by atoms with Crippen LogP contribution in [0.1, 0.15) is 41.9 Å². The number of methoxy groups -OCH3 is 1. The Kier molecular flexibility index (Phi) is 5.81. The molecule has 0 bridgehead atoms. The first-order valence-electron chi connectivity index (χ1n) is 10.7. The quantitative estimate of drug-likeness (QED) is 0.779. The summed E-state index contributed by atoms with van der Waals surface area (Å²) in [7, 11) is 3.77. The molecule has 1 saturated heterocycles. The van der Waals surface area contributed by atoms with Crippen LogP contribution in [-0.2, 0) is 7.05 Å². The number of carbonyl (C=O) groups is 1. The lowest BCUT2D eigenvalue weighted by Crippen LogP contribution is -2.48. The van der Waals surface area contributed by atoms with Crippen molar-refractivity contribution in [1.82, 2.24) is 14.4 Å². The smallest absolute Gasteiger partial charge is 0.255 e. The van der Waals surface area contributed by atoms with Gasteiger partial charge in [-0.1, -0.05) is 6.92 Å². The highest BCUT2D eigenvalue weighted by Gasteiger charge is 2.34. The van der Waals surface area contributed by atoms with Crippen molar-refractivity contribution < 1.29 is 9.53 Å². The van der Waals surface area contributed by atoms with Gasteiger partial charge in [-0.2, -0.15) is 0 Å². The minimum atomic E-state index is 0.196. The number of aryl methyl sites for hydroxylation is 1. The topological polar surface area (TPSA) is 41.0 Å². The second kappa shape index (κ2) is 8.49. The maximum absolute atomic E-state index is 13.0. The Balaban J connectivity index is 1.49. The van der Waals surface area contributed by atoms with E-state index in [0.717, 1.165) is 63.4 Å². The summed E-state index contributed by atoms with van der Waals surface area (Å²) < 4.78 is 7.43. The van der Waals surface area contributed by atoms with Crippen molar-refractivity contribution in [2.75, 3.05) is 51.3 Å². The van der Waals surface area contributed by atoms with Crippen molar-refractivity contribution in [3.8, 4) is 5.75 Å². The predicted molar refractivity (Wildman–Crippen MR) is 116 cm³/mol. The van der Waals surface area contributed by atoms with Gasteiger partial charge in [-0.15, -0.1) is 0 Å². The average molecular weight is 397 g/mol. The fourth-order valence-electron chi connectivity index (χ4n) is 4.75. The summed E-state index contributed by atoms with van der Waals surface area (Å²) in [6, 6.07) is 10.6. The molecule has 6 nitrogen and oxygen atoms in total. The van der Waals surface area contributed by atoms with Crippen molar-refractivity contribution in [2.45, 2.75) is 25.8 Å². The van der Waals surface area contributed by atoms with Crippen LogP contribution in [0.4, 0.5) is 5.69 Å². The van der Waals surface area contributed by atoms with Gasteiger partial charge in [-0.3, -0.25) is 9.69 Å². The van der Waals surface area contributed by atoms with Gasteiger partial charge < -0.3 is 19.1 Å². The van der Waals surface area contributed by atoms with Gasteiger partial charge in [0.2, 0.25) is 0 Å². The van der Waals surface area contributed by atoms with Gasteiger partial charge in [0.1, 0.15) is 5.75 Å². The SMILES string of the molecule is CCCN1CCC(N2CCN(c3ccc(OC)cc3)CC2)c2c(ccn2C)C1=O. The lowest BCUT2D eigenvalue weighted by Gasteiger charge is -2.40. The van der Waals surface area contributed by atoms with E-state index in [1.165, 1.54) is 11.4 Å². The highest BCUT2D eigenvalue weighted by molar-refractivity contribution is 5.96. The number of amides is 1. The van der Waals surface area contributed by atoms with E-state index in [-0.39, 0.29) is 5.91 Å². The number of nitrogens with zero attached hydrogens (tertiary/aromatic N) is 4. The number of fused-ring (bicyclic) bond motifs is 1. The van der Waals surface area contributed by atoms with Crippen LogP contribution in [0.15, 0.2) is 36.5 Å². The Bertz CT molecular complexity index is 837. The molecule has 2 aliphatic rings. The lowest BCUT2D eigenvalue weighted by atomic mass is 10.0. The van der Waals surface area contributed by atoms with E-state index in [4.69, 9.17) is 4.74 Å². The number of hydrogen-bond acceptors (Lipinski definition) is 4. The first kappa shape index (κ1) is 19.8. The van der Waals surface area contributed by atoms with E-state index in [2.05, 4.69) is 40.5 Å². The Morgan fingerprint density at radius 2 is 1.76 bits per heavy atom. The number of piperazine rings is 1. The van der Waals surface area contributed by atoms with Gasteiger partial charge in [0, 0.05) is 63.9 Å². The molecule has 1 unspecified atom stereocenters. The van der Waals surface area contributed by atoms with Crippen LogP contribution < -0.4 is 9.64 Å². The molecule has 0 saturated carbocycles. The van der Waals surface area contributed by atoms with Gasteiger partial charge in [-0.25, -0.2) is 0 Å². The van der Waals surface area contributed by atoms with E-state index in [1.54, 1.807) is 7.11 Å². The molecule has 3 heterocycles. The molecule has 1 atom stereocenters. The molecule has 4 rings (SSSR count). The Morgan fingerprint density at radius 1 is 1.03 bits per heavy atom. The van der Waals surface area contributed by atoms with Gasteiger partial charge in [0.25, 0.3) is 5.91 Å². The maximum Gasteiger partial charge on any atom is 0.255 e. The number of carbonyl (C=O) groups excluding carboxylic acids is 1. The normalized spacial score (nSPS) is 20.5. The maximum atomic E-state index is 13.0. The summed E-state index contributed by atoms with van der Waals surface area (Å²) in [5, 5.41) is 0. The molecule has 0 spiro atoms. The Morgan fingerprint density at radius 3 is 2.41 bits per heavy atom. The molecule has 0 aliphatic carbocycles. The van der Waals surface area contributed by atoms with E-state index >= 15 is 0 Å². The van der Waals surface area contributed by atoms with Gasteiger partial charge in [-0.05, 0) is 43.2 Å². The molecule has 1 fully saturated rings. The van der Waals surface area contributed by atoms with Crippen molar-refractivity contribution in [3.05, 3.63) is 47.8 Å². The minimum absolute atomic E-state index is 0.196. The zero-order valence-corrected chi connectivity index (χ0v) is 17.8. The summed E-state index contributed by atoms with van der Waals surface area (Å²) in [5.74, 6) is 1.09. The third kappa shape index (κ3) is 3.86. The van der Waals surface area contributed by atoms with Crippen molar-refractivity contribution >= 4 is 11.6 Å². The monoisotopic (exact) mass is 396 g/mol. The third-order valence-corrected chi connectivity index (χ3v) is 6.31. The van der Waals surface area contributed by atoms with E-state index < -0.39 is 0 Å². The van der Waals surface area contributed by atoms with Gasteiger partial charge in [0.05, 0.1) is 18.7 Å². The number of anilines is 1. The summed E-state index contributed by atoms with van der Waals surface area (Å²) in [6.45, 7) is 7.81. The fraction of sp³-hybridized carbons (Fsp3) is 0.522. The van der Waals surface area contributed by atoms with Crippen LogP contribution in [-0.4, -0.2) is 66.7 Å². The van der Waals surface area contributed by atoms with Crippen molar-refractivity contribution in [3.63, 3.8) is 0 Å². The van der Waals surface area contributed by atoms with E-state index in [1.807, 2.05) is 29.3 Å². The standard InChI is InChI=1S/C23H32N4O2/c1-4-11-27-13-10-21(22-20(23(27)28)9-12-24(22)2)26-16-14-25(15-17-26)18-5-7-19(29-3)8-6-18/h5-9,12,21H,4,10-11,13-17H2,1-3H3. The minimum Gasteiger partial charge on any atom is -0.497 e. The summed E-state index contributed by atoms with van der Waals surface area (Å²) in [4.78, 5) is 20.1. The Labute approximate surface area is 173 Å². The highest BCUT2D eigenvalue weighted by Crippen LogP contribution is 2.33. The zero-order valence-electron chi connectivity index (χ0n) is 17.8. The van der Waals surface area contributed by atoms with Gasteiger partial charge in [0.15, 0.2) is 0 Å². The third-order valence-electron chi connectivity index (χ3n) is 6.31. The molecule has 1 aromatic heterocycles. The molecular formula is C23H32N4O2. The zero-order chi connectivity index (χ0) is 20.4. The molecule has 0 radical (unpaired) electrons. The first-order valence-corrected chi connectivity index (χ1v) is 10.7. The molecule has 6 heteroatoms. The van der Waals surface area contributed by atoms with Crippen LogP contribution in [0.5, 0.6) is 5.75 Å². The summed E-state index contributed by atoms with van der Waals surface area (Å²) >= 11 is 0. The molecule has 2 aromatic rings. The van der Waals surface area contributed by atoms with Crippen LogP contribution in [0.25, 0.3) is 0 Å². The van der Waals surface area contributed by atoms with Gasteiger partial charge >= 0.3 is 0 Å². The lowest BCUT2D eigenvalue weighted by molar-refractivity contribution is 0.0752. The number of hydrogen-bond donors (Lipinski definition) is 0. The molecule has 0 N–H and O–H groups in total. The van der Waals surface area contributed by atoms with Crippen LogP contribution in [0, 0.1) is 0 Å². The van der Waals surface area contributed by atoms with Crippen LogP contribution in [0.3, 0.4) is 0 Å².